The van der Waals surface area contributed by atoms with Crippen LogP contribution in [0.5, 0.6) is 5.75 Å². The molecule has 1 aliphatic heterocycles. The summed E-state index contributed by atoms with van der Waals surface area (Å²) in [5, 5.41) is 6.49. The molecule has 1 saturated heterocycles. The molecule has 0 saturated carbocycles. The van der Waals surface area contributed by atoms with Crippen LogP contribution in [0.25, 0.3) is 0 Å². The molecule has 0 spiro atoms. The van der Waals surface area contributed by atoms with E-state index in [0.717, 1.165) is 29.9 Å². The maximum absolute atomic E-state index is 13.5. The molecule has 4 rings (SSSR count). The van der Waals surface area contributed by atoms with Crippen LogP contribution in [0.3, 0.4) is 0 Å². The van der Waals surface area contributed by atoms with Crippen LogP contribution in [-0.2, 0) is 11.3 Å². The highest BCUT2D eigenvalue weighted by atomic mass is 19.1. The molecule has 1 heterocycles. The first-order chi connectivity index (χ1) is 16.6. The lowest BCUT2D eigenvalue weighted by Gasteiger charge is -2.35. The number of ether oxygens (including phenoxy) is 2. The topological polar surface area (TPSA) is 62.8 Å². The zero-order valence-electron chi connectivity index (χ0n) is 19.3. The Hall–Kier alpha value is -3.26. The molecule has 1 atom stereocenters. The first kappa shape index (κ1) is 23.9. The Balaban J connectivity index is 1.36. The lowest BCUT2D eigenvalue weighted by molar-refractivity contribution is 0.0161. The third kappa shape index (κ3) is 6.41. The minimum Gasteiger partial charge on any atom is -0.497 e. The van der Waals surface area contributed by atoms with Crippen molar-refractivity contribution in [2.24, 2.45) is 0 Å². The van der Waals surface area contributed by atoms with Gasteiger partial charge in [0.05, 0.1) is 20.3 Å². The van der Waals surface area contributed by atoms with E-state index in [-0.39, 0.29) is 17.8 Å². The number of anilines is 1. The Labute approximate surface area is 199 Å². The molecule has 2 N–H and O–H groups in total. The molecular formula is C27H30FN3O3. The minimum atomic E-state index is -0.231. The number of amides is 1. The summed E-state index contributed by atoms with van der Waals surface area (Å²) in [4.78, 5) is 14.9. The van der Waals surface area contributed by atoms with Crippen LogP contribution >= 0.6 is 0 Å². The standard InChI is InChI=1S/C27H30FN3O3/c1-33-25-11-7-22(8-12-25)27(32)30-24-4-2-3-20(17-24)18-29-19-26(31-13-15-34-16-14-31)21-5-9-23(28)10-6-21/h2-12,17,26,29H,13-16,18-19H2,1H3,(H,30,32). The first-order valence-corrected chi connectivity index (χ1v) is 11.4. The maximum atomic E-state index is 13.5. The average Bonchev–Trinajstić information content (AvgIpc) is 2.88. The number of halogens is 1. The molecule has 1 aliphatic rings. The second-order valence-corrected chi connectivity index (χ2v) is 8.23. The van der Waals surface area contributed by atoms with Crippen molar-refractivity contribution in [2.75, 3.05) is 45.3 Å². The second-order valence-electron chi connectivity index (χ2n) is 8.23. The number of hydrogen-bond donors (Lipinski definition) is 2. The second kappa shape index (κ2) is 11.7. The highest BCUT2D eigenvalue weighted by molar-refractivity contribution is 6.04. The number of rotatable bonds is 9. The van der Waals surface area contributed by atoms with Gasteiger partial charge >= 0.3 is 0 Å². The molecule has 0 radical (unpaired) electrons. The quantitative estimate of drug-likeness (QED) is 0.497. The van der Waals surface area contributed by atoms with Gasteiger partial charge in [-0.3, -0.25) is 9.69 Å². The van der Waals surface area contributed by atoms with Gasteiger partial charge in [0.25, 0.3) is 5.91 Å². The van der Waals surface area contributed by atoms with Crippen LogP contribution in [0.1, 0.15) is 27.5 Å². The molecule has 1 amide bonds. The van der Waals surface area contributed by atoms with Crippen LogP contribution in [0.4, 0.5) is 10.1 Å². The fourth-order valence-electron chi connectivity index (χ4n) is 4.09. The van der Waals surface area contributed by atoms with Crippen molar-refractivity contribution in [3.63, 3.8) is 0 Å². The van der Waals surface area contributed by atoms with E-state index in [1.54, 1.807) is 31.4 Å². The van der Waals surface area contributed by atoms with E-state index in [0.29, 0.717) is 37.6 Å². The number of methoxy groups -OCH3 is 1. The van der Waals surface area contributed by atoms with Gasteiger partial charge in [0, 0.05) is 43.5 Å². The van der Waals surface area contributed by atoms with Gasteiger partial charge in [-0.05, 0) is 59.7 Å². The lowest BCUT2D eigenvalue weighted by Crippen LogP contribution is -2.42. The largest absolute Gasteiger partial charge is 0.497 e. The minimum absolute atomic E-state index is 0.127. The van der Waals surface area contributed by atoms with Crippen molar-refractivity contribution >= 4 is 11.6 Å². The van der Waals surface area contributed by atoms with E-state index in [1.165, 1.54) is 12.1 Å². The molecule has 178 valence electrons. The van der Waals surface area contributed by atoms with Crippen molar-refractivity contribution in [3.05, 3.63) is 95.3 Å². The lowest BCUT2D eigenvalue weighted by atomic mass is 10.0. The summed E-state index contributed by atoms with van der Waals surface area (Å²) in [6, 6.07) is 21.7. The van der Waals surface area contributed by atoms with Crippen LogP contribution < -0.4 is 15.4 Å². The Morgan fingerprint density at radius 2 is 1.79 bits per heavy atom. The molecule has 3 aromatic carbocycles. The number of morpholine rings is 1. The molecule has 3 aromatic rings. The molecule has 34 heavy (non-hydrogen) atoms. The predicted octanol–water partition coefficient (Wildman–Crippen LogP) is 4.25. The summed E-state index contributed by atoms with van der Waals surface area (Å²) in [6.45, 7) is 4.46. The van der Waals surface area contributed by atoms with Crippen LogP contribution in [-0.4, -0.2) is 50.8 Å². The fraction of sp³-hybridized carbons (Fsp3) is 0.296. The highest BCUT2D eigenvalue weighted by Gasteiger charge is 2.22. The summed E-state index contributed by atoms with van der Waals surface area (Å²) >= 11 is 0. The SMILES string of the molecule is COc1ccc(C(=O)Nc2cccc(CNCC(c3ccc(F)cc3)N3CCOCC3)c2)cc1. The summed E-state index contributed by atoms with van der Waals surface area (Å²) in [5.74, 6) is 0.308. The molecule has 1 fully saturated rings. The van der Waals surface area contributed by atoms with E-state index in [9.17, 15) is 9.18 Å². The summed E-state index contributed by atoms with van der Waals surface area (Å²) in [7, 11) is 1.59. The number of hydrogen-bond acceptors (Lipinski definition) is 5. The summed E-state index contributed by atoms with van der Waals surface area (Å²) < 4.78 is 24.1. The Morgan fingerprint density at radius 1 is 1.06 bits per heavy atom. The van der Waals surface area contributed by atoms with E-state index in [4.69, 9.17) is 9.47 Å². The van der Waals surface area contributed by atoms with Crippen molar-refractivity contribution in [2.45, 2.75) is 12.6 Å². The van der Waals surface area contributed by atoms with Gasteiger partial charge in [-0.15, -0.1) is 0 Å². The number of benzene rings is 3. The van der Waals surface area contributed by atoms with Crippen molar-refractivity contribution < 1.29 is 18.7 Å². The smallest absolute Gasteiger partial charge is 0.255 e. The van der Waals surface area contributed by atoms with Gasteiger partial charge < -0.3 is 20.1 Å². The normalized spacial score (nSPS) is 15.0. The zero-order valence-corrected chi connectivity index (χ0v) is 19.3. The van der Waals surface area contributed by atoms with Crippen LogP contribution in [0, 0.1) is 5.82 Å². The summed E-state index contributed by atoms with van der Waals surface area (Å²) in [5.41, 5.74) is 3.45. The Morgan fingerprint density at radius 3 is 2.50 bits per heavy atom. The highest BCUT2D eigenvalue weighted by Crippen LogP contribution is 2.22. The summed E-state index contributed by atoms with van der Waals surface area (Å²) in [6.07, 6.45) is 0. The van der Waals surface area contributed by atoms with Gasteiger partial charge in [0.2, 0.25) is 0 Å². The molecule has 0 bridgehead atoms. The molecule has 7 heteroatoms. The van der Waals surface area contributed by atoms with E-state index >= 15 is 0 Å². The van der Waals surface area contributed by atoms with Crippen molar-refractivity contribution in [3.8, 4) is 5.75 Å². The molecule has 0 aliphatic carbocycles. The van der Waals surface area contributed by atoms with Gasteiger partial charge in [-0.1, -0.05) is 24.3 Å². The number of carbonyl (C=O) groups is 1. The third-order valence-corrected chi connectivity index (χ3v) is 5.95. The molecular weight excluding hydrogens is 433 g/mol. The van der Waals surface area contributed by atoms with Gasteiger partial charge in [0.1, 0.15) is 11.6 Å². The number of carbonyl (C=O) groups excluding carboxylic acids is 1. The Kier molecular flexibility index (Phi) is 8.25. The van der Waals surface area contributed by atoms with Crippen molar-refractivity contribution in [1.29, 1.82) is 0 Å². The Bertz CT molecular complexity index is 1070. The van der Waals surface area contributed by atoms with E-state index < -0.39 is 0 Å². The van der Waals surface area contributed by atoms with Crippen LogP contribution in [0.15, 0.2) is 72.8 Å². The van der Waals surface area contributed by atoms with Gasteiger partial charge in [-0.25, -0.2) is 4.39 Å². The van der Waals surface area contributed by atoms with Crippen LogP contribution in [0.2, 0.25) is 0 Å². The van der Waals surface area contributed by atoms with Gasteiger partial charge in [-0.2, -0.15) is 0 Å². The third-order valence-electron chi connectivity index (χ3n) is 5.95. The monoisotopic (exact) mass is 463 g/mol. The van der Waals surface area contributed by atoms with Gasteiger partial charge in [0.15, 0.2) is 0 Å². The van der Waals surface area contributed by atoms with E-state index in [2.05, 4.69) is 15.5 Å². The first-order valence-electron chi connectivity index (χ1n) is 11.4. The number of nitrogens with zero attached hydrogens (tertiary/aromatic N) is 1. The van der Waals surface area contributed by atoms with Crippen molar-refractivity contribution in [1.82, 2.24) is 10.2 Å². The zero-order chi connectivity index (χ0) is 23.8. The number of nitrogens with one attached hydrogen (secondary N) is 2. The average molecular weight is 464 g/mol. The molecule has 6 nitrogen and oxygen atoms in total. The predicted molar refractivity (Wildman–Crippen MR) is 131 cm³/mol. The molecule has 0 aromatic heterocycles. The molecule has 1 unspecified atom stereocenters. The fourth-order valence-corrected chi connectivity index (χ4v) is 4.09. The van der Waals surface area contributed by atoms with E-state index in [1.807, 2.05) is 36.4 Å². The maximum Gasteiger partial charge on any atom is 0.255 e.